The number of rotatable bonds is 10. The Labute approximate surface area is 171 Å². The van der Waals surface area contributed by atoms with E-state index >= 15 is 0 Å². The lowest BCUT2D eigenvalue weighted by molar-refractivity contribution is -0.138. The minimum Gasteiger partial charge on any atom is -0.481 e. The molecule has 0 aliphatic carbocycles. The Morgan fingerprint density at radius 3 is 2.14 bits per heavy atom. The second-order valence-corrected chi connectivity index (χ2v) is 7.43. The number of benzene rings is 2. The molecule has 0 unspecified atom stereocenters. The summed E-state index contributed by atoms with van der Waals surface area (Å²) in [6.07, 6.45) is -0.0140. The molecule has 2 amide bonds. The predicted octanol–water partition coefficient (Wildman–Crippen LogP) is 3.02. The minimum absolute atomic E-state index is 0.0535. The van der Waals surface area contributed by atoms with E-state index in [1.54, 1.807) is 0 Å². The van der Waals surface area contributed by atoms with Crippen LogP contribution in [0.15, 0.2) is 54.6 Å². The van der Waals surface area contributed by atoms with Gasteiger partial charge in [0.2, 0.25) is 11.8 Å². The monoisotopic (exact) mass is 396 g/mol. The Bertz CT molecular complexity index is 817. The van der Waals surface area contributed by atoms with Crippen molar-refractivity contribution in [2.75, 3.05) is 6.54 Å². The zero-order valence-electron chi connectivity index (χ0n) is 16.9. The van der Waals surface area contributed by atoms with Crippen molar-refractivity contribution in [1.29, 1.82) is 0 Å². The molecule has 2 aromatic carbocycles. The van der Waals surface area contributed by atoms with E-state index in [-0.39, 0.29) is 37.0 Å². The highest BCUT2D eigenvalue weighted by atomic mass is 16.4. The Morgan fingerprint density at radius 1 is 0.931 bits per heavy atom. The summed E-state index contributed by atoms with van der Waals surface area (Å²) in [6.45, 7) is 4.40. The van der Waals surface area contributed by atoms with Crippen LogP contribution in [0.3, 0.4) is 0 Å². The van der Waals surface area contributed by atoms with E-state index in [0.29, 0.717) is 6.54 Å². The van der Waals surface area contributed by atoms with Crippen molar-refractivity contribution in [1.82, 2.24) is 10.6 Å². The number of carbonyl (C=O) groups excluding carboxylic acids is 2. The van der Waals surface area contributed by atoms with Crippen molar-refractivity contribution in [3.8, 4) is 11.1 Å². The van der Waals surface area contributed by atoms with E-state index in [1.165, 1.54) is 0 Å². The number of hydrogen-bond donors (Lipinski definition) is 3. The molecule has 2 aromatic rings. The van der Waals surface area contributed by atoms with Crippen LogP contribution in [0.25, 0.3) is 11.1 Å². The fraction of sp³-hybridized carbons (Fsp3) is 0.348. The third-order valence-corrected chi connectivity index (χ3v) is 4.41. The summed E-state index contributed by atoms with van der Waals surface area (Å²) in [5, 5.41) is 14.3. The van der Waals surface area contributed by atoms with Crippen molar-refractivity contribution in [3.05, 3.63) is 60.2 Å². The molecule has 154 valence electrons. The average molecular weight is 396 g/mol. The predicted molar refractivity (Wildman–Crippen MR) is 112 cm³/mol. The Morgan fingerprint density at radius 2 is 1.55 bits per heavy atom. The van der Waals surface area contributed by atoms with Crippen LogP contribution in [0.5, 0.6) is 0 Å². The third kappa shape index (κ3) is 7.78. The van der Waals surface area contributed by atoms with Gasteiger partial charge in [-0.05, 0) is 29.0 Å². The van der Waals surface area contributed by atoms with Gasteiger partial charge in [-0.1, -0.05) is 68.4 Å². The molecule has 2 rings (SSSR count). The molecular formula is C23H28N2O4. The molecule has 6 heteroatoms. The number of amides is 2. The summed E-state index contributed by atoms with van der Waals surface area (Å²) < 4.78 is 0. The lowest BCUT2D eigenvalue weighted by Gasteiger charge is -2.18. The van der Waals surface area contributed by atoms with Gasteiger partial charge in [-0.15, -0.1) is 0 Å². The average Bonchev–Trinajstić information content (AvgIpc) is 2.70. The van der Waals surface area contributed by atoms with Gasteiger partial charge in [-0.25, -0.2) is 0 Å². The molecule has 29 heavy (non-hydrogen) atoms. The van der Waals surface area contributed by atoms with Crippen LogP contribution in [0.1, 0.15) is 32.3 Å². The lowest BCUT2D eigenvalue weighted by atomic mass is 10.0. The molecule has 1 atom stereocenters. The SMILES string of the molecule is CC(C)CNC(=O)[C@H](CCC(=O)O)NC(=O)Cc1ccc(-c2ccccc2)cc1. The Balaban J connectivity index is 1.97. The maximum atomic E-state index is 12.4. The first-order chi connectivity index (χ1) is 13.8. The van der Waals surface area contributed by atoms with E-state index in [9.17, 15) is 14.4 Å². The van der Waals surface area contributed by atoms with Gasteiger partial charge in [-0.2, -0.15) is 0 Å². The molecule has 0 saturated heterocycles. The van der Waals surface area contributed by atoms with Gasteiger partial charge < -0.3 is 15.7 Å². The largest absolute Gasteiger partial charge is 0.481 e. The first-order valence-corrected chi connectivity index (χ1v) is 9.78. The van der Waals surface area contributed by atoms with E-state index in [0.717, 1.165) is 16.7 Å². The first-order valence-electron chi connectivity index (χ1n) is 9.78. The smallest absolute Gasteiger partial charge is 0.303 e. The van der Waals surface area contributed by atoms with Gasteiger partial charge >= 0.3 is 5.97 Å². The van der Waals surface area contributed by atoms with Crippen LogP contribution < -0.4 is 10.6 Å². The number of carboxylic acid groups (broad SMARTS) is 1. The summed E-state index contributed by atoms with van der Waals surface area (Å²) in [5.41, 5.74) is 2.97. The molecule has 3 N–H and O–H groups in total. The zero-order valence-corrected chi connectivity index (χ0v) is 16.9. The molecule has 0 bridgehead atoms. The number of carbonyl (C=O) groups is 3. The van der Waals surface area contributed by atoms with Crippen LogP contribution in [0.2, 0.25) is 0 Å². The van der Waals surface area contributed by atoms with Crippen LogP contribution in [-0.2, 0) is 20.8 Å². The highest BCUT2D eigenvalue weighted by molar-refractivity contribution is 5.88. The summed E-state index contributed by atoms with van der Waals surface area (Å²) >= 11 is 0. The fourth-order valence-corrected chi connectivity index (χ4v) is 2.84. The second-order valence-electron chi connectivity index (χ2n) is 7.43. The summed E-state index contributed by atoms with van der Waals surface area (Å²) in [4.78, 5) is 35.6. The number of aliphatic carboxylic acids is 1. The summed E-state index contributed by atoms with van der Waals surface area (Å²) in [6, 6.07) is 16.7. The quantitative estimate of drug-likeness (QED) is 0.575. The van der Waals surface area contributed by atoms with Crippen molar-refractivity contribution in [3.63, 3.8) is 0 Å². The van der Waals surface area contributed by atoms with Crippen molar-refractivity contribution in [2.24, 2.45) is 5.92 Å². The normalized spacial score (nSPS) is 11.7. The molecule has 0 aliphatic heterocycles. The van der Waals surface area contributed by atoms with Crippen molar-refractivity contribution >= 4 is 17.8 Å². The molecule has 6 nitrogen and oxygen atoms in total. The third-order valence-electron chi connectivity index (χ3n) is 4.41. The first kappa shape index (κ1) is 22.1. The molecule has 0 spiro atoms. The van der Waals surface area contributed by atoms with E-state index in [1.807, 2.05) is 68.4 Å². The van der Waals surface area contributed by atoms with Gasteiger partial charge in [0.1, 0.15) is 6.04 Å². The maximum absolute atomic E-state index is 12.4. The van der Waals surface area contributed by atoms with Crippen LogP contribution >= 0.6 is 0 Å². The molecule has 0 heterocycles. The van der Waals surface area contributed by atoms with E-state index < -0.39 is 12.0 Å². The Hall–Kier alpha value is -3.15. The highest BCUT2D eigenvalue weighted by Crippen LogP contribution is 2.19. The standard InChI is InChI=1S/C23H28N2O4/c1-16(2)15-24-23(29)20(12-13-22(27)28)25-21(26)14-17-8-10-19(11-9-17)18-6-4-3-5-7-18/h3-11,16,20H,12-15H2,1-2H3,(H,24,29)(H,25,26)(H,27,28)/t20-/m0/s1. The molecule has 0 saturated carbocycles. The van der Waals surface area contributed by atoms with Gasteiger partial charge in [0.15, 0.2) is 0 Å². The summed E-state index contributed by atoms with van der Waals surface area (Å²) in [7, 11) is 0. The fourth-order valence-electron chi connectivity index (χ4n) is 2.84. The van der Waals surface area contributed by atoms with E-state index in [4.69, 9.17) is 5.11 Å². The van der Waals surface area contributed by atoms with Crippen molar-refractivity contribution < 1.29 is 19.5 Å². The molecule has 0 fully saturated rings. The molecule has 0 aliphatic rings. The molecule has 0 radical (unpaired) electrons. The number of hydrogen-bond acceptors (Lipinski definition) is 3. The van der Waals surface area contributed by atoms with Crippen LogP contribution in [-0.4, -0.2) is 35.5 Å². The highest BCUT2D eigenvalue weighted by Gasteiger charge is 2.21. The van der Waals surface area contributed by atoms with Gasteiger partial charge in [0, 0.05) is 13.0 Å². The second kappa shape index (κ2) is 11.0. The number of nitrogens with one attached hydrogen (secondary N) is 2. The number of carboxylic acids is 1. The zero-order chi connectivity index (χ0) is 21.2. The van der Waals surface area contributed by atoms with Crippen LogP contribution in [0.4, 0.5) is 0 Å². The van der Waals surface area contributed by atoms with Gasteiger partial charge in [0.05, 0.1) is 6.42 Å². The summed E-state index contributed by atoms with van der Waals surface area (Å²) in [5.74, 6) is -1.41. The van der Waals surface area contributed by atoms with Crippen molar-refractivity contribution in [2.45, 2.75) is 39.2 Å². The topological polar surface area (TPSA) is 95.5 Å². The van der Waals surface area contributed by atoms with Crippen LogP contribution in [0, 0.1) is 5.92 Å². The Kier molecular flexibility index (Phi) is 8.40. The van der Waals surface area contributed by atoms with Gasteiger partial charge in [-0.3, -0.25) is 14.4 Å². The lowest BCUT2D eigenvalue weighted by Crippen LogP contribution is -2.48. The molecule has 0 aromatic heterocycles. The van der Waals surface area contributed by atoms with E-state index in [2.05, 4.69) is 10.6 Å². The molecular weight excluding hydrogens is 368 g/mol. The maximum Gasteiger partial charge on any atom is 0.303 e. The van der Waals surface area contributed by atoms with Gasteiger partial charge in [0.25, 0.3) is 0 Å². The minimum atomic E-state index is -1.00.